The van der Waals surface area contributed by atoms with Crippen molar-refractivity contribution >= 4 is 0 Å². The van der Waals surface area contributed by atoms with Crippen LogP contribution in [-0.4, -0.2) is 25.3 Å². The average molecular weight is 210 g/mol. The second kappa shape index (κ2) is 4.98. The second-order valence-corrected chi connectivity index (χ2v) is 4.01. The van der Waals surface area contributed by atoms with Gasteiger partial charge in [-0.15, -0.1) is 0 Å². The van der Waals surface area contributed by atoms with Crippen molar-refractivity contribution < 1.29 is 13.2 Å². The molecule has 5 heteroatoms. The number of nitrogens with two attached hydrogens (primary N) is 1. The van der Waals surface area contributed by atoms with E-state index < -0.39 is 12.6 Å². The van der Waals surface area contributed by atoms with Gasteiger partial charge in [0.05, 0.1) is 6.42 Å². The van der Waals surface area contributed by atoms with Gasteiger partial charge in [-0.25, -0.2) is 0 Å². The summed E-state index contributed by atoms with van der Waals surface area (Å²) in [5, 5.41) is 2.83. The molecule has 1 saturated carbocycles. The first-order chi connectivity index (χ1) is 6.47. The maximum absolute atomic E-state index is 11.8. The van der Waals surface area contributed by atoms with Gasteiger partial charge in [-0.1, -0.05) is 0 Å². The Hall–Kier alpha value is -0.290. The molecule has 2 atom stereocenters. The van der Waals surface area contributed by atoms with E-state index in [-0.39, 0.29) is 12.6 Å². The molecule has 1 aliphatic carbocycles. The standard InChI is InChI=1S/C9H17F3N2/c10-9(11,12)3-4-14-6-7-1-2-8(13)5-7/h7-8,14H,1-6,13H2. The summed E-state index contributed by atoms with van der Waals surface area (Å²) in [7, 11) is 0. The lowest BCUT2D eigenvalue weighted by atomic mass is 10.1. The van der Waals surface area contributed by atoms with Crippen molar-refractivity contribution in [2.24, 2.45) is 11.7 Å². The van der Waals surface area contributed by atoms with E-state index in [0.717, 1.165) is 19.3 Å². The number of rotatable bonds is 4. The van der Waals surface area contributed by atoms with Crippen LogP contribution in [0.3, 0.4) is 0 Å². The predicted octanol–water partition coefficient (Wildman–Crippen LogP) is 1.66. The van der Waals surface area contributed by atoms with Gasteiger partial charge in [0, 0.05) is 12.6 Å². The second-order valence-electron chi connectivity index (χ2n) is 4.01. The van der Waals surface area contributed by atoms with Gasteiger partial charge in [0.25, 0.3) is 0 Å². The lowest BCUT2D eigenvalue weighted by Crippen LogP contribution is -2.27. The molecule has 2 unspecified atom stereocenters. The van der Waals surface area contributed by atoms with E-state index in [1.807, 2.05) is 0 Å². The van der Waals surface area contributed by atoms with Crippen LogP contribution in [0.5, 0.6) is 0 Å². The van der Waals surface area contributed by atoms with Gasteiger partial charge in [-0.3, -0.25) is 0 Å². The van der Waals surface area contributed by atoms with Crippen molar-refractivity contribution in [3.05, 3.63) is 0 Å². The molecule has 0 heterocycles. The van der Waals surface area contributed by atoms with Crippen molar-refractivity contribution in [1.29, 1.82) is 0 Å². The Bertz CT molecular complexity index is 170. The molecule has 0 aliphatic heterocycles. The molecule has 1 rings (SSSR count). The van der Waals surface area contributed by atoms with E-state index in [1.54, 1.807) is 0 Å². The smallest absolute Gasteiger partial charge is 0.328 e. The molecule has 3 N–H and O–H groups in total. The molecule has 0 aromatic heterocycles. The fraction of sp³-hybridized carbons (Fsp3) is 1.00. The molecular formula is C9H17F3N2. The molecule has 0 bridgehead atoms. The summed E-state index contributed by atoms with van der Waals surface area (Å²) in [6, 6.07) is 0.254. The van der Waals surface area contributed by atoms with Crippen LogP contribution in [-0.2, 0) is 0 Å². The third kappa shape index (κ3) is 4.81. The molecule has 2 nitrogen and oxygen atoms in total. The Labute approximate surface area is 82.0 Å². The molecule has 0 saturated heterocycles. The third-order valence-electron chi connectivity index (χ3n) is 2.60. The van der Waals surface area contributed by atoms with Gasteiger partial charge in [0.15, 0.2) is 0 Å². The highest BCUT2D eigenvalue weighted by atomic mass is 19.4. The molecule has 1 aliphatic rings. The van der Waals surface area contributed by atoms with Crippen molar-refractivity contribution in [2.75, 3.05) is 13.1 Å². The largest absolute Gasteiger partial charge is 0.390 e. The normalized spacial score (nSPS) is 28.3. The van der Waals surface area contributed by atoms with Gasteiger partial charge < -0.3 is 11.1 Å². The first kappa shape index (κ1) is 11.8. The molecule has 14 heavy (non-hydrogen) atoms. The monoisotopic (exact) mass is 210 g/mol. The van der Waals surface area contributed by atoms with Crippen molar-refractivity contribution in [2.45, 2.75) is 37.9 Å². The zero-order chi connectivity index (χ0) is 10.6. The minimum absolute atomic E-state index is 0.0231. The zero-order valence-electron chi connectivity index (χ0n) is 8.11. The quantitative estimate of drug-likeness (QED) is 0.692. The maximum Gasteiger partial charge on any atom is 0.390 e. The van der Waals surface area contributed by atoms with Gasteiger partial charge in [-0.05, 0) is 31.7 Å². The van der Waals surface area contributed by atoms with E-state index in [2.05, 4.69) is 5.32 Å². The topological polar surface area (TPSA) is 38.0 Å². The number of nitrogens with one attached hydrogen (secondary N) is 1. The van der Waals surface area contributed by atoms with E-state index in [9.17, 15) is 13.2 Å². The summed E-state index contributed by atoms with van der Waals surface area (Å²) in [5.41, 5.74) is 5.69. The van der Waals surface area contributed by atoms with E-state index in [1.165, 1.54) is 0 Å². The fourth-order valence-electron chi connectivity index (χ4n) is 1.84. The van der Waals surface area contributed by atoms with Crippen LogP contribution < -0.4 is 11.1 Å². The molecular weight excluding hydrogens is 193 g/mol. The maximum atomic E-state index is 11.8. The Morgan fingerprint density at radius 1 is 1.29 bits per heavy atom. The number of hydrogen-bond acceptors (Lipinski definition) is 2. The number of halogens is 3. The van der Waals surface area contributed by atoms with Crippen LogP contribution in [0.25, 0.3) is 0 Å². The van der Waals surface area contributed by atoms with E-state index in [0.29, 0.717) is 12.5 Å². The lowest BCUT2D eigenvalue weighted by molar-refractivity contribution is -0.133. The van der Waals surface area contributed by atoms with Gasteiger partial charge in [0.1, 0.15) is 0 Å². The summed E-state index contributed by atoms with van der Waals surface area (Å²) in [6.07, 6.45) is -1.80. The van der Waals surface area contributed by atoms with Crippen LogP contribution in [0, 0.1) is 5.92 Å². The molecule has 0 spiro atoms. The minimum atomic E-state index is -4.04. The Morgan fingerprint density at radius 3 is 2.50 bits per heavy atom. The third-order valence-corrected chi connectivity index (χ3v) is 2.60. The van der Waals surface area contributed by atoms with Crippen molar-refractivity contribution in [3.8, 4) is 0 Å². The highest BCUT2D eigenvalue weighted by Gasteiger charge is 2.26. The Kier molecular flexibility index (Phi) is 4.19. The molecule has 0 amide bonds. The van der Waals surface area contributed by atoms with Gasteiger partial charge in [0.2, 0.25) is 0 Å². The summed E-state index contributed by atoms with van der Waals surface area (Å²) in [5.74, 6) is 0.471. The minimum Gasteiger partial charge on any atom is -0.328 e. The first-order valence-electron chi connectivity index (χ1n) is 5.00. The Morgan fingerprint density at radius 2 is 2.00 bits per heavy atom. The van der Waals surface area contributed by atoms with Crippen LogP contribution in [0.15, 0.2) is 0 Å². The lowest BCUT2D eigenvalue weighted by Gasteiger charge is -2.11. The molecule has 0 radical (unpaired) electrons. The van der Waals surface area contributed by atoms with Crippen molar-refractivity contribution in [3.63, 3.8) is 0 Å². The predicted molar refractivity (Wildman–Crippen MR) is 48.9 cm³/mol. The van der Waals surface area contributed by atoms with E-state index in [4.69, 9.17) is 5.73 Å². The molecule has 0 aromatic carbocycles. The summed E-state index contributed by atoms with van der Waals surface area (Å²) in [6.45, 7) is 0.693. The zero-order valence-corrected chi connectivity index (χ0v) is 8.11. The summed E-state index contributed by atoms with van der Waals surface area (Å²) < 4.78 is 35.3. The van der Waals surface area contributed by atoms with Gasteiger partial charge >= 0.3 is 6.18 Å². The molecule has 0 aromatic rings. The fourth-order valence-corrected chi connectivity index (χ4v) is 1.84. The number of alkyl halides is 3. The van der Waals surface area contributed by atoms with Crippen molar-refractivity contribution in [1.82, 2.24) is 5.32 Å². The van der Waals surface area contributed by atoms with Crippen LogP contribution in [0.4, 0.5) is 13.2 Å². The van der Waals surface area contributed by atoms with Crippen LogP contribution >= 0.6 is 0 Å². The van der Waals surface area contributed by atoms with Crippen LogP contribution in [0.2, 0.25) is 0 Å². The Balaban J connectivity index is 1.99. The van der Waals surface area contributed by atoms with Crippen LogP contribution in [0.1, 0.15) is 25.7 Å². The summed E-state index contributed by atoms with van der Waals surface area (Å²) in [4.78, 5) is 0. The average Bonchev–Trinajstić information content (AvgIpc) is 2.44. The first-order valence-corrected chi connectivity index (χ1v) is 5.00. The van der Waals surface area contributed by atoms with Gasteiger partial charge in [-0.2, -0.15) is 13.2 Å². The van der Waals surface area contributed by atoms with E-state index >= 15 is 0 Å². The summed E-state index contributed by atoms with van der Waals surface area (Å²) >= 11 is 0. The SMILES string of the molecule is NC1CCC(CNCCC(F)(F)F)C1. The highest BCUT2D eigenvalue weighted by molar-refractivity contribution is 4.78. The number of hydrogen-bond donors (Lipinski definition) is 2. The molecule has 1 fully saturated rings. The highest BCUT2D eigenvalue weighted by Crippen LogP contribution is 2.23. The molecule has 84 valence electrons.